The van der Waals surface area contributed by atoms with Crippen LogP contribution in [0.1, 0.15) is 6.42 Å². The summed E-state index contributed by atoms with van der Waals surface area (Å²) in [6, 6.07) is 0. The van der Waals surface area contributed by atoms with Crippen molar-refractivity contribution < 1.29 is 27.6 Å². The molecular weight excluding hydrogens is 279 g/mol. The average molecular weight is 289 g/mol. The van der Waals surface area contributed by atoms with Crippen molar-refractivity contribution in [2.45, 2.75) is 6.42 Å². The molecule has 1 nitrogen and oxygen atoms in total. The Morgan fingerprint density at radius 1 is 1.78 bits per heavy atom. The van der Waals surface area contributed by atoms with E-state index < -0.39 is 22.9 Å². The van der Waals surface area contributed by atoms with E-state index in [0.29, 0.717) is 0 Å². The molecule has 2 heteroatoms. The molecular formula is C7H10HfO. The number of methoxy groups -OCH3 is 1. The standard InChI is InChI=1S/C5H5.C2H5O.Hf/c1-2-4-5-3-1;1-3-2;/h1-3H,4H2;1H2,2H3;. The third-order valence-electron chi connectivity index (χ3n) is 1.21. The van der Waals surface area contributed by atoms with E-state index in [2.05, 4.69) is 18.2 Å². The third-order valence-corrected chi connectivity index (χ3v) is 5.73. The summed E-state index contributed by atoms with van der Waals surface area (Å²) in [5.74, 6) is 0. The van der Waals surface area contributed by atoms with Crippen molar-refractivity contribution >= 4 is 0 Å². The van der Waals surface area contributed by atoms with Crippen molar-refractivity contribution in [2.75, 3.05) is 11.5 Å². The summed E-state index contributed by atoms with van der Waals surface area (Å²) < 4.78 is 7.75. The van der Waals surface area contributed by atoms with E-state index in [1.54, 1.807) is 10.4 Å². The van der Waals surface area contributed by atoms with Gasteiger partial charge < -0.3 is 0 Å². The number of allylic oxidation sites excluding steroid dienone is 4. The van der Waals surface area contributed by atoms with Crippen LogP contribution in [0.2, 0.25) is 0 Å². The molecule has 0 radical (unpaired) electrons. The van der Waals surface area contributed by atoms with E-state index in [1.165, 1.54) is 6.42 Å². The Bertz CT molecular complexity index is 138. The molecule has 1 aliphatic carbocycles. The van der Waals surface area contributed by atoms with Gasteiger partial charge in [-0.3, -0.25) is 0 Å². The number of rotatable bonds is 3. The predicted molar refractivity (Wildman–Crippen MR) is 33.7 cm³/mol. The average Bonchev–Trinajstić information content (AvgIpc) is 2.34. The van der Waals surface area contributed by atoms with Crippen molar-refractivity contribution in [3.8, 4) is 0 Å². The summed E-state index contributed by atoms with van der Waals surface area (Å²) in [4.78, 5) is 0. The van der Waals surface area contributed by atoms with Crippen LogP contribution in [0.15, 0.2) is 21.6 Å². The van der Waals surface area contributed by atoms with Gasteiger partial charge in [0.15, 0.2) is 0 Å². The van der Waals surface area contributed by atoms with E-state index >= 15 is 0 Å². The van der Waals surface area contributed by atoms with Crippen LogP contribution in [0.4, 0.5) is 0 Å². The quantitative estimate of drug-likeness (QED) is 0.716. The Morgan fingerprint density at radius 3 is 3.22 bits per heavy atom. The van der Waals surface area contributed by atoms with Gasteiger partial charge in [-0.05, 0) is 0 Å². The molecule has 9 heavy (non-hydrogen) atoms. The zero-order chi connectivity index (χ0) is 6.53. The van der Waals surface area contributed by atoms with Crippen LogP contribution in [0.25, 0.3) is 0 Å². The second kappa shape index (κ2) is 4.18. The van der Waals surface area contributed by atoms with Crippen LogP contribution in [0.5, 0.6) is 0 Å². The Morgan fingerprint density at radius 2 is 2.67 bits per heavy atom. The number of hydrogen-bond acceptors (Lipinski definition) is 1. The second-order valence-electron chi connectivity index (χ2n) is 1.93. The third kappa shape index (κ3) is 2.59. The fraction of sp³-hybridized carbons (Fsp3) is 0.429. The Hall–Kier alpha value is 0.310. The van der Waals surface area contributed by atoms with E-state index in [0.717, 1.165) is 4.36 Å². The topological polar surface area (TPSA) is 9.23 Å². The molecule has 0 saturated carbocycles. The Labute approximate surface area is 67.1 Å². The number of hydrogen-bond donors (Lipinski definition) is 0. The molecule has 1 rings (SSSR count). The molecule has 0 amide bonds. The van der Waals surface area contributed by atoms with E-state index in [9.17, 15) is 0 Å². The van der Waals surface area contributed by atoms with Gasteiger partial charge >= 0.3 is 67.1 Å². The predicted octanol–water partition coefficient (Wildman–Crippen LogP) is 1.52. The first-order valence-electron chi connectivity index (χ1n) is 3.02. The minimum atomic E-state index is -0.485. The molecule has 0 spiro atoms. The van der Waals surface area contributed by atoms with Gasteiger partial charge in [0.2, 0.25) is 0 Å². The first kappa shape index (κ1) is 7.42. The van der Waals surface area contributed by atoms with Gasteiger partial charge in [0.1, 0.15) is 0 Å². The van der Waals surface area contributed by atoms with Gasteiger partial charge in [-0.15, -0.1) is 0 Å². The molecule has 0 atom stereocenters. The molecule has 48 valence electrons. The fourth-order valence-corrected chi connectivity index (χ4v) is 3.64. The summed E-state index contributed by atoms with van der Waals surface area (Å²) in [6.45, 7) is 0. The van der Waals surface area contributed by atoms with Gasteiger partial charge in [0.05, 0.1) is 0 Å². The fourth-order valence-electron chi connectivity index (χ4n) is 0.743. The molecule has 0 aromatic rings. The summed E-state index contributed by atoms with van der Waals surface area (Å²) in [5, 5.41) is 0. The van der Waals surface area contributed by atoms with Crippen LogP contribution in [-0.2, 0) is 27.6 Å². The zero-order valence-corrected chi connectivity index (χ0v) is 9.15. The zero-order valence-electron chi connectivity index (χ0n) is 5.55. The molecule has 0 fully saturated rings. The van der Waals surface area contributed by atoms with Crippen molar-refractivity contribution in [3.63, 3.8) is 0 Å². The monoisotopic (exact) mass is 290 g/mol. The molecule has 0 unspecified atom stereocenters. The van der Waals surface area contributed by atoms with Gasteiger partial charge in [-0.2, -0.15) is 0 Å². The Kier molecular flexibility index (Phi) is 3.44. The van der Waals surface area contributed by atoms with E-state index in [4.69, 9.17) is 4.74 Å². The Balaban J connectivity index is 2.14. The van der Waals surface area contributed by atoms with Crippen molar-refractivity contribution in [1.29, 1.82) is 0 Å². The molecule has 0 saturated heterocycles. The van der Waals surface area contributed by atoms with Crippen LogP contribution in [-0.4, -0.2) is 11.5 Å². The molecule has 0 aromatic heterocycles. The maximum absolute atomic E-state index is 5.02. The number of ether oxygens (including phenoxy) is 1. The maximum atomic E-state index is 5.02. The van der Waals surface area contributed by atoms with E-state index in [-0.39, 0.29) is 0 Å². The molecule has 0 bridgehead atoms. The summed E-state index contributed by atoms with van der Waals surface area (Å²) in [5.41, 5.74) is 0. The van der Waals surface area contributed by atoms with Crippen LogP contribution in [0.3, 0.4) is 0 Å². The van der Waals surface area contributed by atoms with Gasteiger partial charge in [-0.25, -0.2) is 0 Å². The minimum absolute atomic E-state index is 0.485. The van der Waals surface area contributed by atoms with Crippen molar-refractivity contribution in [3.05, 3.63) is 21.6 Å². The summed E-state index contributed by atoms with van der Waals surface area (Å²) in [6.07, 6.45) is 7.84. The van der Waals surface area contributed by atoms with Gasteiger partial charge in [0, 0.05) is 0 Å². The van der Waals surface area contributed by atoms with Crippen LogP contribution >= 0.6 is 0 Å². The van der Waals surface area contributed by atoms with Crippen LogP contribution < -0.4 is 0 Å². The molecule has 0 heterocycles. The SMILES string of the molecule is CO[CH2][Hf][C]1=CC=CC1. The molecule has 1 aliphatic rings. The first-order chi connectivity index (χ1) is 4.43. The van der Waals surface area contributed by atoms with Crippen molar-refractivity contribution in [2.24, 2.45) is 0 Å². The molecule has 0 aromatic carbocycles. The van der Waals surface area contributed by atoms with Crippen LogP contribution in [0, 0.1) is 0 Å². The molecule has 0 N–H and O–H groups in total. The van der Waals surface area contributed by atoms with Crippen molar-refractivity contribution in [1.82, 2.24) is 0 Å². The summed E-state index contributed by atoms with van der Waals surface area (Å²) >= 11 is -0.485. The summed E-state index contributed by atoms with van der Waals surface area (Å²) in [7, 11) is 1.79. The first-order valence-corrected chi connectivity index (χ1v) is 7.35. The van der Waals surface area contributed by atoms with E-state index in [1.807, 2.05) is 0 Å². The molecule has 0 aliphatic heterocycles. The van der Waals surface area contributed by atoms with Gasteiger partial charge in [-0.1, -0.05) is 0 Å². The normalized spacial score (nSPS) is 15.9. The second-order valence-corrected chi connectivity index (χ2v) is 6.55. The van der Waals surface area contributed by atoms with Gasteiger partial charge in [0.25, 0.3) is 0 Å².